The monoisotopic (exact) mass is 597 g/mol. The van der Waals surface area contributed by atoms with Crippen LogP contribution in [-0.4, -0.2) is 40.9 Å². The van der Waals surface area contributed by atoms with E-state index in [2.05, 4.69) is 15.5 Å². The highest BCUT2D eigenvalue weighted by Gasteiger charge is 2.30. The highest BCUT2D eigenvalue weighted by molar-refractivity contribution is 6.40. The van der Waals surface area contributed by atoms with Gasteiger partial charge >= 0.3 is 12.0 Å². The lowest BCUT2D eigenvalue weighted by atomic mass is 9.92. The molecule has 2 aliphatic rings. The molecule has 0 aromatic heterocycles. The fourth-order valence-electron chi connectivity index (χ4n) is 5.65. The number of rotatable bonds is 9. The number of carboxylic acids is 1. The van der Waals surface area contributed by atoms with Gasteiger partial charge in [0.15, 0.2) is 5.78 Å². The number of amides is 2. The summed E-state index contributed by atoms with van der Waals surface area (Å²) < 4.78 is 13.3. The van der Waals surface area contributed by atoms with Crippen LogP contribution in [-0.2, 0) is 30.7 Å². The van der Waals surface area contributed by atoms with Crippen LogP contribution in [0, 0.1) is 11.7 Å². The van der Waals surface area contributed by atoms with Gasteiger partial charge < -0.3 is 15.7 Å². The molecule has 0 spiro atoms. The maximum absolute atomic E-state index is 13.3. The second kappa shape index (κ2) is 12.6. The Hall–Kier alpha value is -3.46. The maximum atomic E-state index is 13.3. The average molecular weight is 599 g/mol. The van der Waals surface area contributed by atoms with Gasteiger partial charge in [0.2, 0.25) is 0 Å². The van der Waals surface area contributed by atoms with Gasteiger partial charge in [0, 0.05) is 32.6 Å². The number of nitrogens with zero attached hydrogens (tertiary/aromatic N) is 1. The van der Waals surface area contributed by atoms with Crippen LogP contribution < -0.4 is 10.6 Å². The van der Waals surface area contributed by atoms with Crippen molar-refractivity contribution in [2.24, 2.45) is 5.92 Å². The van der Waals surface area contributed by atoms with Crippen LogP contribution in [0.1, 0.15) is 57.1 Å². The van der Waals surface area contributed by atoms with Crippen LogP contribution in [0.15, 0.2) is 54.6 Å². The smallest absolute Gasteiger partial charge is 0.315 e. The van der Waals surface area contributed by atoms with Crippen molar-refractivity contribution in [2.75, 3.05) is 13.1 Å². The van der Waals surface area contributed by atoms with E-state index in [1.165, 1.54) is 17.7 Å². The molecule has 5 rings (SSSR count). The minimum Gasteiger partial charge on any atom is -0.481 e. The fraction of sp³-hybridized carbons (Fsp3) is 0.323. The van der Waals surface area contributed by atoms with E-state index in [4.69, 9.17) is 23.2 Å². The summed E-state index contributed by atoms with van der Waals surface area (Å²) in [5.74, 6) is -3.13. The van der Waals surface area contributed by atoms with E-state index >= 15 is 0 Å². The molecule has 2 atom stereocenters. The summed E-state index contributed by atoms with van der Waals surface area (Å²) in [6.07, 6.45) is 1.85. The van der Waals surface area contributed by atoms with Crippen molar-refractivity contribution >= 4 is 41.0 Å². The zero-order valence-electron chi connectivity index (χ0n) is 22.3. The lowest BCUT2D eigenvalue weighted by molar-refractivity contribution is -0.141. The van der Waals surface area contributed by atoms with Gasteiger partial charge in [0.1, 0.15) is 5.82 Å². The third-order valence-electron chi connectivity index (χ3n) is 7.81. The van der Waals surface area contributed by atoms with E-state index in [0.717, 1.165) is 35.1 Å². The molecule has 0 bridgehead atoms. The summed E-state index contributed by atoms with van der Waals surface area (Å²) in [5, 5.41) is 15.7. The molecule has 3 aromatic rings. The first-order chi connectivity index (χ1) is 19.7. The number of carboxylic acid groups (broad SMARTS) is 1. The molecule has 0 saturated heterocycles. The molecule has 0 radical (unpaired) electrons. The number of carbonyl (C=O) groups is 3. The first-order valence-electron chi connectivity index (χ1n) is 13.5. The third-order valence-corrected chi connectivity index (χ3v) is 8.53. The van der Waals surface area contributed by atoms with Gasteiger partial charge in [-0.25, -0.2) is 9.18 Å². The van der Waals surface area contributed by atoms with Crippen LogP contribution in [0.3, 0.4) is 0 Å². The molecule has 3 N–H and O–H groups in total. The van der Waals surface area contributed by atoms with E-state index < -0.39 is 23.7 Å². The number of fused-ring (bicyclic) bond motifs is 2. The van der Waals surface area contributed by atoms with Gasteiger partial charge in [0.25, 0.3) is 0 Å². The number of halogens is 3. The van der Waals surface area contributed by atoms with Gasteiger partial charge in [-0.2, -0.15) is 0 Å². The quantitative estimate of drug-likeness (QED) is 0.265. The van der Waals surface area contributed by atoms with E-state index in [1.54, 1.807) is 18.2 Å². The minimum atomic E-state index is -1.20. The van der Waals surface area contributed by atoms with Gasteiger partial charge in [-0.05, 0) is 65.3 Å². The molecule has 2 amide bonds. The van der Waals surface area contributed by atoms with Gasteiger partial charge in [-0.1, -0.05) is 59.6 Å². The number of nitrogens with one attached hydrogen (secondary N) is 2. The maximum Gasteiger partial charge on any atom is 0.315 e. The van der Waals surface area contributed by atoms with Crippen molar-refractivity contribution in [1.29, 1.82) is 0 Å². The van der Waals surface area contributed by atoms with Crippen LogP contribution in [0.2, 0.25) is 10.0 Å². The van der Waals surface area contributed by atoms with Crippen molar-refractivity contribution < 1.29 is 23.9 Å². The summed E-state index contributed by atoms with van der Waals surface area (Å²) in [6, 6.07) is 15.3. The van der Waals surface area contributed by atoms with Crippen molar-refractivity contribution in [3.63, 3.8) is 0 Å². The molecule has 0 fully saturated rings. The van der Waals surface area contributed by atoms with Crippen LogP contribution >= 0.6 is 23.2 Å². The lowest BCUT2D eigenvalue weighted by Gasteiger charge is -2.30. The summed E-state index contributed by atoms with van der Waals surface area (Å²) in [6.45, 7) is 1.65. The molecular weight excluding hydrogens is 568 g/mol. The van der Waals surface area contributed by atoms with Crippen LogP contribution in [0.4, 0.5) is 9.18 Å². The van der Waals surface area contributed by atoms with E-state index in [0.29, 0.717) is 26.1 Å². The summed E-state index contributed by atoms with van der Waals surface area (Å²) in [5.41, 5.74) is 5.04. The van der Waals surface area contributed by atoms with Crippen LogP contribution in [0.25, 0.3) is 0 Å². The van der Waals surface area contributed by atoms with Crippen molar-refractivity contribution in [1.82, 2.24) is 15.5 Å². The Morgan fingerprint density at radius 3 is 2.56 bits per heavy atom. The Labute approximate surface area is 247 Å². The van der Waals surface area contributed by atoms with E-state index in [9.17, 15) is 23.9 Å². The number of aliphatic carboxylic acids is 1. The first-order valence-corrected chi connectivity index (χ1v) is 14.3. The zero-order valence-corrected chi connectivity index (χ0v) is 23.8. The summed E-state index contributed by atoms with van der Waals surface area (Å²) in [7, 11) is 0. The second-order valence-corrected chi connectivity index (χ2v) is 11.4. The normalized spacial score (nSPS) is 16.9. The molecule has 1 heterocycles. The number of benzene rings is 3. The van der Waals surface area contributed by atoms with Crippen molar-refractivity contribution in [3.05, 3.63) is 104 Å². The largest absolute Gasteiger partial charge is 0.481 e. The molecule has 41 heavy (non-hydrogen) atoms. The van der Waals surface area contributed by atoms with Gasteiger partial charge in [-0.3, -0.25) is 14.5 Å². The molecule has 1 aliphatic heterocycles. The topological polar surface area (TPSA) is 98.7 Å². The summed E-state index contributed by atoms with van der Waals surface area (Å²) >= 11 is 13.2. The number of Topliss-reactive ketones (excluding diaryl/α,β-unsaturated/α-hetero) is 1. The molecule has 0 unspecified atom stereocenters. The fourth-order valence-corrected chi connectivity index (χ4v) is 6.46. The third kappa shape index (κ3) is 6.72. The highest BCUT2D eigenvalue weighted by atomic mass is 35.5. The highest BCUT2D eigenvalue weighted by Crippen LogP contribution is 2.36. The summed E-state index contributed by atoms with van der Waals surface area (Å²) in [4.78, 5) is 40.0. The van der Waals surface area contributed by atoms with Gasteiger partial charge in [-0.15, -0.1) is 0 Å². The number of carbonyl (C=O) groups excluding carboxylic acids is 2. The minimum absolute atomic E-state index is 0.109. The predicted octanol–water partition coefficient (Wildman–Crippen LogP) is 5.95. The zero-order chi connectivity index (χ0) is 29.1. The molecule has 0 saturated carbocycles. The van der Waals surface area contributed by atoms with Crippen molar-refractivity contribution in [3.8, 4) is 0 Å². The predicted molar refractivity (Wildman–Crippen MR) is 155 cm³/mol. The Kier molecular flexibility index (Phi) is 8.92. The number of hydrogen-bond donors (Lipinski definition) is 3. The molecular formula is C31H30Cl2FN3O4. The second-order valence-electron chi connectivity index (χ2n) is 10.6. The Balaban J connectivity index is 1.21. The SMILES string of the molecule is O=C(NC[C@H](CC(=O)c1c(Cl)cc2c(c1Cl)CCN(Cc1ccc(F)cc1)C2)C(=O)O)N[C@@H]1CCc2ccccc21. The molecule has 214 valence electrons. The molecule has 1 aliphatic carbocycles. The molecule has 10 heteroatoms. The molecule has 3 aromatic carbocycles. The van der Waals surface area contributed by atoms with E-state index in [1.807, 2.05) is 24.3 Å². The number of ketones is 1. The number of hydrogen-bond acceptors (Lipinski definition) is 4. The number of aryl methyl sites for hydroxylation is 1. The van der Waals surface area contributed by atoms with Gasteiger partial charge in [0.05, 0.1) is 27.6 Å². The number of urea groups is 1. The average Bonchev–Trinajstić information content (AvgIpc) is 3.34. The Morgan fingerprint density at radius 2 is 1.80 bits per heavy atom. The first kappa shape index (κ1) is 29.0. The Bertz CT molecular complexity index is 1480. The molecule has 7 nitrogen and oxygen atoms in total. The standard InChI is InChI=1S/C31H30Cl2FN3O4/c32-25-13-21-17-37(16-18-5-8-22(34)9-6-18)12-11-24(21)29(33)28(25)27(38)14-20(30(39)40)15-35-31(41)36-26-10-7-19-3-1-2-4-23(19)26/h1-6,8-9,13,20,26H,7,10-12,14-17H2,(H,39,40)(H2,35,36,41)/t20-,26+/m0/s1. The van der Waals surface area contributed by atoms with Crippen LogP contribution in [0.5, 0.6) is 0 Å². The van der Waals surface area contributed by atoms with E-state index in [-0.39, 0.29) is 40.4 Å². The van der Waals surface area contributed by atoms with Crippen molar-refractivity contribution in [2.45, 2.75) is 44.8 Å². The Morgan fingerprint density at radius 1 is 1.05 bits per heavy atom. The lowest BCUT2D eigenvalue weighted by Crippen LogP contribution is -2.41.